The van der Waals surface area contributed by atoms with E-state index in [-0.39, 0.29) is 24.6 Å². The molecule has 6 nitrogen and oxygen atoms in total. The second-order valence-corrected chi connectivity index (χ2v) is 7.96. The van der Waals surface area contributed by atoms with Crippen molar-refractivity contribution >= 4 is 33.0 Å². The maximum atomic E-state index is 13.4. The van der Waals surface area contributed by atoms with E-state index in [1.165, 1.54) is 18.2 Å². The van der Waals surface area contributed by atoms with Gasteiger partial charge in [-0.3, -0.25) is 9.10 Å². The van der Waals surface area contributed by atoms with Gasteiger partial charge in [-0.25, -0.2) is 12.8 Å². The number of nitrogens with one attached hydrogen (secondary N) is 1. The van der Waals surface area contributed by atoms with E-state index in [9.17, 15) is 17.6 Å². The van der Waals surface area contributed by atoms with Gasteiger partial charge in [0, 0.05) is 38.4 Å². The molecule has 2 rings (SSSR count). The minimum atomic E-state index is -3.64. The van der Waals surface area contributed by atoms with E-state index in [1.807, 2.05) is 31.1 Å². The Morgan fingerprint density at radius 2 is 1.73 bits per heavy atom. The van der Waals surface area contributed by atoms with Gasteiger partial charge in [0.25, 0.3) is 0 Å². The van der Waals surface area contributed by atoms with Gasteiger partial charge in [-0.05, 0) is 42.5 Å². The SMILES string of the molecule is CN(C)c1ccc(NC(=O)CCN(c2cccc(F)c2)S(C)(=O)=O)cc1. The lowest BCUT2D eigenvalue weighted by Gasteiger charge is -2.22. The lowest BCUT2D eigenvalue weighted by molar-refractivity contribution is -0.116. The average Bonchev–Trinajstić information content (AvgIpc) is 2.54. The Kier molecular flexibility index (Phi) is 6.20. The van der Waals surface area contributed by atoms with Gasteiger partial charge < -0.3 is 10.2 Å². The van der Waals surface area contributed by atoms with Crippen LogP contribution in [0, 0.1) is 5.82 Å². The fourth-order valence-corrected chi connectivity index (χ4v) is 3.31. The molecule has 0 radical (unpaired) electrons. The summed E-state index contributed by atoms with van der Waals surface area (Å²) in [7, 11) is 0.196. The maximum absolute atomic E-state index is 13.4. The lowest BCUT2D eigenvalue weighted by atomic mass is 10.2. The number of carbonyl (C=O) groups excluding carboxylic acids is 1. The Morgan fingerprint density at radius 1 is 1.08 bits per heavy atom. The number of amides is 1. The minimum absolute atomic E-state index is 0.0565. The molecular formula is C18H22FN3O3S. The largest absolute Gasteiger partial charge is 0.378 e. The van der Waals surface area contributed by atoms with E-state index < -0.39 is 15.8 Å². The van der Waals surface area contributed by atoms with Gasteiger partial charge >= 0.3 is 0 Å². The maximum Gasteiger partial charge on any atom is 0.232 e. The Labute approximate surface area is 153 Å². The van der Waals surface area contributed by atoms with Gasteiger partial charge in [-0.1, -0.05) is 6.07 Å². The van der Waals surface area contributed by atoms with E-state index >= 15 is 0 Å². The molecule has 0 aliphatic carbocycles. The zero-order valence-corrected chi connectivity index (χ0v) is 15.8. The van der Waals surface area contributed by atoms with E-state index in [2.05, 4.69) is 5.32 Å². The van der Waals surface area contributed by atoms with Crippen LogP contribution < -0.4 is 14.5 Å². The van der Waals surface area contributed by atoms with Crippen LogP contribution in [-0.4, -0.2) is 41.2 Å². The first-order valence-electron chi connectivity index (χ1n) is 7.97. The summed E-state index contributed by atoms with van der Waals surface area (Å²) in [5, 5.41) is 2.72. The number of nitrogens with zero attached hydrogens (tertiary/aromatic N) is 2. The normalized spacial score (nSPS) is 11.1. The van der Waals surface area contributed by atoms with Gasteiger partial charge in [0.2, 0.25) is 15.9 Å². The van der Waals surface area contributed by atoms with Crippen molar-refractivity contribution in [2.45, 2.75) is 6.42 Å². The summed E-state index contributed by atoms with van der Waals surface area (Å²) >= 11 is 0. The number of benzene rings is 2. The van der Waals surface area contributed by atoms with Gasteiger partial charge in [0.05, 0.1) is 11.9 Å². The number of hydrogen-bond donors (Lipinski definition) is 1. The Balaban J connectivity index is 2.03. The molecule has 0 spiro atoms. The van der Waals surface area contributed by atoms with Crippen molar-refractivity contribution in [3.63, 3.8) is 0 Å². The van der Waals surface area contributed by atoms with Crippen LogP contribution in [0.1, 0.15) is 6.42 Å². The highest BCUT2D eigenvalue weighted by Gasteiger charge is 2.19. The standard InChI is InChI=1S/C18H22FN3O3S/c1-21(2)16-9-7-15(8-10-16)20-18(23)11-12-22(26(3,24)25)17-6-4-5-14(19)13-17/h4-10,13H,11-12H2,1-3H3,(H,20,23). The third-order valence-corrected chi connectivity index (χ3v) is 4.90. The summed E-state index contributed by atoms with van der Waals surface area (Å²) in [5.41, 5.74) is 1.81. The second kappa shape index (κ2) is 8.18. The van der Waals surface area contributed by atoms with Crippen molar-refractivity contribution in [2.24, 2.45) is 0 Å². The van der Waals surface area contributed by atoms with Crippen molar-refractivity contribution in [3.05, 3.63) is 54.3 Å². The van der Waals surface area contributed by atoms with Crippen LogP contribution in [0.15, 0.2) is 48.5 Å². The smallest absolute Gasteiger partial charge is 0.232 e. The molecular weight excluding hydrogens is 357 g/mol. The summed E-state index contributed by atoms with van der Waals surface area (Å²) < 4.78 is 38.4. The van der Waals surface area contributed by atoms with Crippen LogP contribution in [0.5, 0.6) is 0 Å². The summed E-state index contributed by atoms with van der Waals surface area (Å²) in [6.07, 6.45) is 0.967. The summed E-state index contributed by atoms with van der Waals surface area (Å²) in [5.74, 6) is -0.866. The number of halogens is 1. The zero-order chi connectivity index (χ0) is 19.3. The molecule has 2 aromatic rings. The molecule has 0 aliphatic heterocycles. The third-order valence-electron chi connectivity index (χ3n) is 3.71. The predicted molar refractivity (Wildman–Crippen MR) is 103 cm³/mol. The predicted octanol–water partition coefficient (Wildman–Crippen LogP) is 2.69. The Bertz CT molecular complexity index is 868. The average molecular weight is 379 g/mol. The van der Waals surface area contributed by atoms with Gasteiger partial charge in [0.1, 0.15) is 5.82 Å². The minimum Gasteiger partial charge on any atom is -0.378 e. The molecule has 140 valence electrons. The molecule has 1 amide bonds. The third kappa shape index (κ3) is 5.45. The molecule has 0 saturated heterocycles. The fourth-order valence-electron chi connectivity index (χ4n) is 2.39. The van der Waals surface area contributed by atoms with Gasteiger partial charge in [-0.15, -0.1) is 0 Å². The molecule has 0 heterocycles. The van der Waals surface area contributed by atoms with Crippen LogP contribution in [-0.2, 0) is 14.8 Å². The van der Waals surface area contributed by atoms with Crippen LogP contribution in [0.25, 0.3) is 0 Å². The second-order valence-electron chi connectivity index (χ2n) is 6.05. The molecule has 0 aromatic heterocycles. The van der Waals surface area contributed by atoms with E-state index in [0.29, 0.717) is 5.69 Å². The molecule has 0 bridgehead atoms. The van der Waals surface area contributed by atoms with Crippen LogP contribution in [0.2, 0.25) is 0 Å². The van der Waals surface area contributed by atoms with Crippen molar-refractivity contribution in [1.82, 2.24) is 0 Å². The summed E-state index contributed by atoms with van der Waals surface area (Å²) in [6, 6.07) is 12.5. The highest BCUT2D eigenvalue weighted by atomic mass is 32.2. The molecule has 1 N–H and O–H groups in total. The Hall–Kier alpha value is -2.61. The summed E-state index contributed by atoms with van der Waals surface area (Å²) in [4.78, 5) is 14.1. The van der Waals surface area contributed by atoms with Gasteiger partial charge in [0.15, 0.2) is 0 Å². The number of carbonyl (C=O) groups is 1. The van der Waals surface area contributed by atoms with Crippen molar-refractivity contribution < 1.29 is 17.6 Å². The topological polar surface area (TPSA) is 69.7 Å². The molecule has 8 heteroatoms. The monoisotopic (exact) mass is 379 g/mol. The Morgan fingerprint density at radius 3 is 2.27 bits per heavy atom. The lowest BCUT2D eigenvalue weighted by Crippen LogP contribution is -2.33. The van der Waals surface area contributed by atoms with Crippen LogP contribution in [0.4, 0.5) is 21.5 Å². The van der Waals surface area contributed by atoms with Crippen molar-refractivity contribution in [2.75, 3.05) is 41.4 Å². The van der Waals surface area contributed by atoms with Crippen LogP contribution >= 0.6 is 0 Å². The molecule has 0 fully saturated rings. The zero-order valence-electron chi connectivity index (χ0n) is 14.9. The van der Waals surface area contributed by atoms with Gasteiger partial charge in [-0.2, -0.15) is 0 Å². The van der Waals surface area contributed by atoms with Crippen LogP contribution in [0.3, 0.4) is 0 Å². The first kappa shape index (κ1) is 19.7. The van der Waals surface area contributed by atoms with E-state index in [1.54, 1.807) is 12.1 Å². The number of anilines is 3. The fraction of sp³-hybridized carbons (Fsp3) is 0.278. The number of sulfonamides is 1. The highest BCUT2D eigenvalue weighted by molar-refractivity contribution is 7.92. The molecule has 0 saturated carbocycles. The van der Waals surface area contributed by atoms with Crippen molar-refractivity contribution in [3.8, 4) is 0 Å². The molecule has 2 aromatic carbocycles. The van der Waals surface area contributed by atoms with E-state index in [4.69, 9.17) is 0 Å². The molecule has 26 heavy (non-hydrogen) atoms. The first-order chi connectivity index (χ1) is 12.2. The summed E-state index contributed by atoms with van der Waals surface area (Å²) in [6.45, 7) is -0.0795. The van der Waals surface area contributed by atoms with Crippen molar-refractivity contribution in [1.29, 1.82) is 0 Å². The quantitative estimate of drug-likeness (QED) is 0.803. The highest BCUT2D eigenvalue weighted by Crippen LogP contribution is 2.20. The number of hydrogen-bond acceptors (Lipinski definition) is 4. The first-order valence-corrected chi connectivity index (χ1v) is 9.82. The van der Waals surface area contributed by atoms with E-state index in [0.717, 1.165) is 22.3 Å². The number of rotatable bonds is 7. The molecule has 0 atom stereocenters. The molecule has 0 unspecified atom stereocenters. The molecule has 0 aliphatic rings.